The summed E-state index contributed by atoms with van der Waals surface area (Å²) in [5, 5.41) is 22.5. The summed E-state index contributed by atoms with van der Waals surface area (Å²) in [6.45, 7) is 0.387. The van der Waals surface area contributed by atoms with E-state index in [0.717, 1.165) is 17.3 Å². The molecule has 0 radical (unpaired) electrons. The number of nitro benzene ring substituents is 1. The molecule has 0 aliphatic heterocycles. The Balaban J connectivity index is 1.55. The molecule has 1 aromatic heterocycles. The lowest BCUT2D eigenvalue weighted by molar-refractivity contribution is -0.384. The van der Waals surface area contributed by atoms with E-state index in [-0.39, 0.29) is 23.1 Å². The Morgan fingerprint density at radius 1 is 1.11 bits per heavy atom. The predicted molar refractivity (Wildman–Crippen MR) is 130 cm³/mol. The summed E-state index contributed by atoms with van der Waals surface area (Å²) in [7, 11) is 1.36. The van der Waals surface area contributed by atoms with Crippen LogP contribution in [0.4, 0.5) is 15.8 Å². The molecule has 0 aliphatic rings. The minimum absolute atomic E-state index is 0.0235. The Morgan fingerprint density at radius 2 is 1.86 bits per heavy atom. The van der Waals surface area contributed by atoms with Crippen molar-refractivity contribution in [1.82, 2.24) is 14.8 Å². The van der Waals surface area contributed by atoms with E-state index in [0.29, 0.717) is 28.8 Å². The molecule has 0 bridgehead atoms. The summed E-state index contributed by atoms with van der Waals surface area (Å²) in [6.07, 6.45) is 0. The standard InChI is InChI=1S/C24H20FN5O4S/c1-34-21-13-17(30(32)33)11-12-20(21)26-22(31)15-35-24-28-27-23(18-9-5-6-10-19(18)25)29(24)14-16-7-3-2-4-8-16/h2-13H,14-15H2,1H3,(H,26,31). The molecule has 1 amide bonds. The first-order valence-corrected chi connectivity index (χ1v) is 11.4. The van der Waals surface area contributed by atoms with Gasteiger partial charge in [0.25, 0.3) is 5.69 Å². The Labute approximate surface area is 204 Å². The average molecular weight is 494 g/mol. The molecule has 0 atom stereocenters. The Bertz CT molecular complexity index is 1360. The third-order valence-electron chi connectivity index (χ3n) is 5.02. The molecule has 11 heteroatoms. The van der Waals surface area contributed by atoms with Crippen molar-refractivity contribution in [2.45, 2.75) is 11.7 Å². The van der Waals surface area contributed by atoms with E-state index in [1.54, 1.807) is 22.8 Å². The third-order valence-corrected chi connectivity index (χ3v) is 5.98. The second-order valence-corrected chi connectivity index (χ2v) is 8.28. The molecular weight excluding hydrogens is 473 g/mol. The molecule has 35 heavy (non-hydrogen) atoms. The van der Waals surface area contributed by atoms with Gasteiger partial charge in [0.1, 0.15) is 11.6 Å². The Kier molecular flexibility index (Phi) is 7.36. The van der Waals surface area contributed by atoms with E-state index in [4.69, 9.17) is 4.74 Å². The number of ether oxygens (including phenoxy) is 1. The first-order chi connectivity index (χ1) is 17.0. The molecule has 0 fully saturated rings. The minimum Gasteiger partial charge on any atom is -0.494 e. The smallest absolute Gasteiger partial charge is 0.273 e. The van der Waals surface area contributed by atoms with Crippen LogP contribution in [0.15, 0.2) is 78.0 Å². The van der Waals surface area contributed by atoms with Crippen LogP contribution in [0.1, 0.15) is 5.56 Å². The van der Waals surface area contributed by atoms with Crippen molar-refractivity contribution in [1.29, 1.82) is 0 Å². The van der Waals surface area contributed by atoms with Gasteiger partial charge < -0.3 is 10.1 Å². The van der Waals surface area contributed by atoms with Crippen molar-refractivity contribution < 1.29 is 18.8 Å². The number of nitrogens with zero attached hydrogens (tertiary/aromatic N) is 4. The number of rotatable bonds is 9. The Morgan fingerprint density at radius 3 is 2.57 bits per heavy atom. The van der Waals surface area contributed by atoms with E-state index in [1.165, 1.54) is 31.4 Å². The van der Waals surface area contributed by atoms with Crippen molar-refractivity contribution >= 4 is 29.0 Å². The van der Waals surface area contributed by atoms with E-state index >= 15 is 0 Å². The van der Waals surface area contributed by atoms with Gasteiger partial charge >= 0.3 is 0 Å². The van der Waals surface area contributed by atoms with Gasteiger partial charge in [-0.1, -0.05) is 54.2 Å². The summed E-state index contributed by atoms with van der Waals surface area (Å²) in [6, 6.07) is 19.8. The lowest BCUT2D eigenvalue weighted by atomic mass is 10.2. The number of carbonyl (C=O) groups excluding carboxylic acids is 1. The van der Waals surface area contributed by atoms with E-state index in [2.05, 4.69) is 15.5 Å². The Hall–Kier alpha value is -4.25. The van der Waals surface area contributed by atoms with Crippen LogP contribution in [0.25, 0.3) is 11.4 Å². The lowest BCUT2D eigenvalue weighted by Gasteiger charge is -2.12. The second kappa shape index (κ2) is 10.8. The molecule has 1 heterocycles. The number of non-ortho nitro benzene ring substituents is 1. The predicted octanol–water partition coefficient (Wildman–Crippen LogP) is 4.78. The van der Waals surface area contributed by atoms with Crippen molar-refractivity contribution in [3.05, 3.63) is 94.3 Å². The summed E-state index contributed by atoms with van der Waals surface area (Å²) in [5.74, 6) is -0.291. The molecule has 178 valence electrons. The molecule has 3 aromatic carbocycles. The van der Waals surface area contributed by atoms with Gasteiger partial charge in [-0.25, -0.2) is 4.39 Å². The largest absolute Gasteiger partial charge is 0.494 e. The molecule has 9 nitrogen and oxygen atoms in total. The quantitative estimate of drug-likeness (QED) is 0.203. The fraction of sp³-hybridized carbons (Fsp3) is 0.125. The average Bonchev–Trinajstić information content (AvgIpc) is 3.25. The van der Waals surface area contributed by atoms with E-state index in [9.17, 15) is 19.3 Å². The second-order valence-electron chi connectivity index (χ2n) is 7.34. The molecule has 4 rings (SSSR count). The molecule has 0 aliphatic carbocycles. The van der Waals surface area contributed by atoms with Gasteiger partial charge in [-0.05, 0) is 23.8 Å². The maximum atomic E-state index is 14.5. The third kappa shape index (κ3) is 5.64. The zero-order valence-corrected chi connectivity index (χ0v) is 19.4. The van der Waals surface area contributed by atoms with Gasteiger partial charge in [-0.2, -0.15) is 0 Å². The van der Waals surface area contributed by atoms with Crippen LogP contribution in [0.5, 0.6) is 5.75 Å². The minimum atomic E-state index is -0.545. The van der Waals surface area contributed by atoms with Gasteiger partial charge in [-0.3, -0.25) is 19.5 Å². The lowest BCUT2D eigenvalue weighted by Crippen LogP contribution is -2.15. The fourth-order valence-electron chi connectivity index (χ4n) is 3.36. The number of nitro groups is 1. The molecule has 0 saturated carbocycles. The van der Waals surface area contributed by atoms with E-state index < -0.39 is 10.7 Å². The summed E-state index contributed by atoms with van der Waals surface area (Å²) in [4.78, 5) is 23.1. The number of nitrogens with one attached hydrogen (secondary N) is 1. The SMILES string of the molecule is COc1cc([N+](=O)[O-])ccc1NC(=O)CSc1nnc(-c2ccccc2F)n1Cc1ccccc1. The molecule has 4 aromatic rings. The van der Waals surface area contributed by atoms with Crippen LogP contribution < -0.4 is 10.1 Å². The number of hydrogen-bond donors (Lipinski definition) is 1. The molecule has 1 N–H and O–H groups in total. The maximum Gasteiger partial charge on any atom is 0.273 e. The van der Waals surface area contributed by atoms with Crippen LogP contribution >= 0.6 is 11.8 Å². The van der Waals surface area contributed by atoms with E-state index in [1.807, 2.05) is 30.3 Å². The van der Waals surface area contributed by atoms with Crippen LogP contribution in [0.2, 0.25) is 0 Å². The van der Waals surface area contributed by atoms with Gasteiger partial charge in [0, 0.05) is 6.07 Å². The first kappa shape index (κ1) is 23.9. The fourth-order valence-corrected chi connectivity index (χ4v) is 4.10. The summed E-state index contributed by atoms with van der Waals surface area (Å²) >= 11 is 1.14. The summed E-state index contributed by atoms with van der Waals surface area (Å²) < 4.78 is 21.4. The van der Waals surface area contributed by atoms with Crippen LogP contribution in [0.3, 0.4) is 0 Å². The van der Waals surface area contributed by atoms with Gasteiger partial charge in [0.05, 0.1) is 41.6 Å². The number of methoxy groups -OCH3 is 1. The number of halogens is 1. The highest BCUT2D eigenvalue weighted by molar-refractivity contribution is 7.99. The maximum absolute atomic E-state index is 14.5. The van der Waals surface area contributed by atoms with Crippen molar-refractivity contribution in [2.24, 2.45) is 0 Å². The summed E-state index contributed by atoms with van der Waals surface area (Å²) in [5.41, 5.74) is 1.43. The van der Waals surface area contributed by atoms with Gasteiger partial charge in [0.15, 0.2) is 11.0 Å². The normalized spacial score (nSPS) is 10.7. The zero-order chi connectivity index (χ0) is 24.8. The number of benzene rings is 3. The van der Waals surface area contributed by atoms with Crippen LogP contribution in [-0.2, 0) is 11.3 Å². The highest BCUT2D eigenvalue weighted by atomic mass is 32.2. The number of amides is 1. The number of anilines is 1. The number of aromatic nitrogens is 3. The molecule has 0 unspecified atom stereocenters. The zero-order valence-electron chi connectivity index (χ0n) is 18.6. The topological polar surface area (TPSA) is 112 Å². The molecular formula is C24H20FN5O4S. The highest BCUT2D eigenvalue weighted by Crippen LogP contribution is 2.30. The van der Waals surface area contributed by atoms with Crippen LogP contribution in [0, 0.1) is 15.9 Å². The van der Waals surface area contributed by atoms with Gasteiger partial charge in [-0.15, -0.1) is 10.2 Å². The number of carbonyl (C=O) groups is 1. The van der Waals surface area contributed by atoms with Crippen molar-refractivity contribution in [3.63, 3.8) is 0 Å². The van der Waals surface area contributed by atoms with Crippen molar-refractivity contribution in [3.8, 4) is 17.1 Å². The number of hydrogen-bond acceptors (Lipinski definition) is 7. The molecule has 0 spiro atoms. The van der Waals surface area contributed by atoms with Crippen molar-refractivity contribution in [2.75, 3.05) is 18.2 Å². The monoisotopic (exact) mass is 493 g/mol. The highest BCUT2D eigenvalue weighted by Gasteiger charge is 2.19. The first-order valence-electron chi connectivity index (χ1n) is 10.4. The van der Waals surface area contributed by atoms with Crippen LogP contribution in [-0.4, -0.2) is 38.5 Å². The number of thioether (sulfide) groups is 1. The van der Waals surface area contributed by atoms with Gasteiger partial charge in [0.2, 0.25) is 5.91 Å². The molecule has 0 saturated heterocycles.